The summed E-state index contributed by atoms with van der Waals surface area (Å²) in [6.07, 6.45) is 20.8. The molecule has 0 aromatic carbocycles. The Morgan fingerprint density at radius 3 is 1.51 bits per heavy atom. The first-order valence-electron chi connectivity index (χ1n) is 20.3. The summed E-state index contributed by atoms with van der Waals surface area (Å²) in [5, 5.41) is 64.1. The first-order valence-corrected chi connectivity index (χ1v) is 20.3. The Hall–Kier alpha value is -0.850. The number of unbranched alkanes of at least 4 members (excludes halogenated alkanes) is 22. The molecule has 292 valence electrons. The number of nitrogens with one attached hydrogen (secondary N) is 1. The molecule has 0 aromatic heterocycles. The van der Waals surface area contributed by atoms with Crippen LogP contribution in [0, 0.1) is 0 Å². The lowest BCUT2D eigenvalue weighted by molar-refractivity contribution is -0.303. The Labute approximate surface area is 298 Å². The van der Waals surface area contributed by atoms with Crippen LogP contribution < -0.4 is 5.32 Å². The van der Waals surface area contributed by atoms with E-state index in [1.54, 1.807) is 0 Å². The van der Waals surface area contributed by atoms with Crippen LogP contribution in [0.15, 0.2) is 0 Å². The molecule has 0 saturated carbocycles. The van der Waals surface area contributed by atoms with Crippen molar-refractivity contribution in [2.24, 2.45) is 0 Å². The summed E-state index contributed by atoms with van der Waals surface area (Å²) in [4.78, 5) is 12.8. The molecule has 7 N–H and O–H groups in total. The number of hydrogen-bond acceptors (Lipinski definition) is 9. The maximum Gasteiger partial charge on any atom is 0.220 e. The number of aliphatic hydroxyl groups excluding tert-OH is 6. The fourth-order valence-corrected chi connectivity index (χ4v) is 6.67. The van der Waals surface area contributed by atoms with Gasteiger partial charge < -0.3 is 45.4 Å². The van der Waals surface area contributed by atoms with E-state index in [4.69, 9.17) is 9.47 Å². The van der Waals surface area contributed by atoms with E-state index in [2.05, 4.69) is 12.2 Å². The molecule has 10 nitrogen and oxygen atoms in total. The number of amides is 1. The van der Waals surface area contributed by atoms with Gasteiger partial charge in [-0.25, -0.2) is 0 Å². The molecule has 1 aliphatic heterocycles. The molecule has 1 amide bonds. The maximum absolute atomic E-state index is 12.8. The van der Waals surface area contributed by atoms with E-state index >= 15 is 0 Å². The predicted octanol–water partition coefficient (Wildman–Crippen LogP) is 6.19. The van der Waals surface area contributed by atoms with Crippen molar-refractivity contribution in [3.8, 4) is 0 Å². The molecule has 5 unspecified atom stereocenters. The van der Waals surface area contributed by atoms with E-state index in [1.807, 2.05) is 6.92 Å². The first kappa shape index (κ1) is 46.2. The molecule has 0 aromatic rings. The minimum Gasteiger partial charge on any atom is -0.394 e. The Morgan fingerprint density at radius 1 is 0.633 bits per heavy atom. The summed E-state index contributed by atoms with van der Waals surface area (Å²) in [5.74, 6) is -0.264. The second kappa shape index (κ2) is 30.7. The fraction of sp³-hybridized carbons (Fsp3) is 0.974. The van der Waals surface area contributed by atoms with Crippen LogP contribution in [0.2, 0.25) is 0 Å². The van der Waals surface area contributed by atoms with Crippen molar-refractivity contribution in [3.05, 3.63) is 0 Å². The Bertz CT molecular complexity index is 758. The van der Waals surface area contributed by atoms with Gasteiger partial charge in [0.2, 0.25) is 5.91 Å². The van der Waals surface area contributed by atoms with E-state index in [1.165, 1.54) is 116 Å². The molecule has 8 atom stereocenters. The highest BCUT2D eigenvalue weighted by Crippen LogP contribution is 2.23. The SMILES string of the molecule is CCCCCCCCCCCCCCCCCCCCCCCC(=O)N[C@@H](COC1OC(CO)C(O)C(O)C1O)[C@H](O)[C@H](O)CCCCC. The summed E-state index contributed by atoms with van der Waals surface area (Å²) in [5.41, 5.74) is 0. The second-order valence-corrected chi connectivity index (χ2v) is 14.6. The zero-order valence-corrected chi connectivity index (χ0v) is 31.3. The van der Waals surface area contributed by atoms with E-state index in [9.17, 15) is 35.4 Å². The van der Waals surface area contributed by atoms with Crippen molar-refractivity contribution in [1.29, 1.82) is 0 Å². The van der Waals surface area contributed by atoms with Gasteiger partial charge in [0, 0.05) is 6.42 Å². The summed E-state index contributed by atoms with van der Waals surface area (Å²) in [6, 6.07) is -0.980. The molecule has 1 aliphatic rings. The monoisotopic (exact) mass is 704 g/mol. The number of carbonyl (C=O) groups is 1. The van der Waals surface area contributed by atoms with Gasteiger partial charge in [-0.2, -0.15) is 0 Å². The van der Waals surface area contributed by atoms with Gasteiger partial charge >= 0.3 is 0 Å². The van der Waals surface area contributed by atoms with Crippen LogP contribution in [0.1, 0.15) is 181 Å². The van der Waals surface area contributed by atoms with Crippen molar-refractivity contribution in [1.82, 2.24) is 5.32 Å². The van der Waals surface area contributed by atoms with Crippen LogP contribution in [-0.2, 0) is 14.3 Å². The average Bonchev–Trinajstić information content (AvgIpc) is 3.10. The van der Waals surface area contributed by atoms with Crippen molar-refractivity contribution in [3.63, 3.8) is 0 Å². The second-order valence-electron chi connectivity index (χ2n) is 14.6. The van der Waals surface area contributed by atoms with E-state index in [0.717, 1.165) is 38.5 Å². The van der Waals surface area contributed by atoms with Gasteiger partial charge in [0.15, 0.2) is 6.29 Å². The zero-order chi connectivity index (χ0) is 36.1. The van der Waals surface area contributed by atoms with Gasteiger partial charge in [0.05, 0.1) is 25.4 Å². The summed E-state index contributed by atoms with van der Waals surface area (Å²) in [7, 11) is 0. The topological polar surface area (TPSA) is 169 Å². The van der Waals surface area contributed by atoms with Crippen LogP contribution in [0.4, 0.5) is 0 Å². The molecule has 49 heavy (non-hydrogen) atoms. The Morgan fingerprint density at radius 2 is 1.06 bits per heavy atom. The smallest absolute Gasteiger partial charge is 0.220 e. The molecule has 0 aliphatic carbocycles. The molecule has 1 saturated heterocycles. The van der Waals surface area contributed by atoms with Gasteiger partial charge in [0.1, 0.15) is 30.5 Å². The molecular formula is C39H77NO9. The van der Waals surface area contributed by atoms with Crippen molar-refractivity contribution < 1.29 is 44.9 Å². The molecule has 1 fully saturated rings. The minimum atomic E-state index is -1.60. The van der Waals surface area contributed by atoms with Gasteiger partial charge in [-0.15, -0.1) is 0 Å². The number of ether oxygens (including phenoxy) is 2. The zero-order valence-electron chi connectivity index (χ0n) is 31.3. The number of carbonyl (C=O) groups excluding carboxylic acids is 1. The highest BCUT2D eigenvalue weighted by atomic mass is 16.7. The third-order valence-electron chi connectivity index (χ3n) is 10.1. The van der Waals surface area contributed by atoms with Crippen LogP contribution in [0.5, 0.6) is 0 Å². The van der Waals surface area contributed by atoms with Crippen molar-refractivity contribution >= 4 is 5.91 Å². The standard InChI is InChI=1S/C39H77NO9/c1-3-5-7-8-9-10-11-12-13-14-15-16-17-18-19-20-21-22-23-24-26-28-34(43)40-31(35(44)32(42)27-25-6-4-2)30-48-39-38(47)37(46)36(45)33(29-41)49-39/h31-33,35-39,41-42,44-47H,3-30H2,1-2H3,(H,40,43)/t31-,32+,33?,35-,36?,37?,38?,39?/m0/s1. The van der Waals surface area contributed by atoms with Crippen LogP contribution in [0.3, 0.4) is 0 Å². The maximum atomic E-state index is 12.8. The molecule has 0 spiro atoms. The summed E-state index contributed by atoms with van der Waals surface area (Å²) >= 11 is 0. The van der Waals surface area contributed by atoms with Crippen LogP contribution in [-0.4, -0.2) is 98.7 Å². The largest absolute Gasteiger partial charge is 0.394 e. The average molecular weight is 704 g/mol. The lowest BCUT2D eigenvalue weighted by Gasteiger charge is -2.40. The van der Waals surface area contributed by atoms with Crippen molar-refractivity contribution in [2.75, 3.05) is 13.2 Å². The predicted molar refractivity (Wildman–Crippen MR) is 195 cm³/mol. The minimum absolute atomic E-state index is 0.264. The molecular weight excluding hydrogens is 626 g/mol. The quantitative estimate of drug-likeness (QED) is 0.0394. The highest BCUT2D eigenvalue weighted by Gasteiger charge is 2.44. The Kier molecular flexibility index (Phi) is 29.0. The number of hydrogen-bond donors (Lipinski definition) is 7. The third kappa shape index (κ3) is 22.0. The van der Waals surface area contributed by atoms with Gasteiger partial charge in [-0.1, -0.05) is 162 Å². The highest BCUT2D eigenvalue weighted by molar-refractivity contribution is 5.76. The molecule has 1 rings (SSSR count). The van der Waals surface area contributed by atoms with E-state index in [0.29, 0.717) is 6.42 Å². The Balaban J connectivity index is 2.21. The lowest BCUT2D eigenvalue weighted by atomic mass is 9.99. The molecule has 10 heteroatoms. The fourth-order valence-electron chi connectivity index (χ4n) is 6.67. The molecule has 0 radical (unpaired) electrons. The van der Waals surface area contributed by atoms with E-state index in [-0.39, 0.29) is 18.9 Å². The van der Waals surface area contributed by atoms with E-state index < -0.39 is 55.6 Å². The summed E-state index contributed by atoms with van der Waals surface area (Å²) in [6.45, 7) is 3.42. The van der Waals surface area contributed by atoms with Crippen molar-refractivity contribution in [2.45, 2.75) is 230 Å². The van der Waals surface area contributed by atoms with Gasteiger partial charge in [-0.05, 0) is 12.8 Å². The first-order chi connectivity index (χ1) is 23.8. The van der Waals surface area contributed by atoms with Gasteiger partial charge in [0.25, 0.3) is 0 Å². The van der Waals surface area contributed by atoms with Gasteiger partial charge in [-0.3, -0.25) is 4.79 Å². The summed E-state index contributed by atoms with van der Waals surface area (Å²) < 4.78 is 11.0. The third-order valence-corrected chi connectivity index (χ3v) is 10.1. The molecule has 0 bridgehead atoms. The normalized spacial score (nSPS) is 23.0. The number of rotatable bonds is 33. The lowest BCUT2D eigenvalue weighted by Crippen LogP contribution is -2.60. The van der Waals surface area contributed by atoms with Crippen LogP contribution >= 0.6 is 0 Å². The van der Waals surface area contributed by atoms with Crippen LogP contribution in [0.25, 0.3) is 0 Å². The molecule has 1 heterocycles. The number of aliphatic hydroxyl groups is 6.